The second kappa shape index (κ2) is 8.57. The standard InChI is InChI=1S/C17H24O5S/c1-3-21-17(18)15-6-4-5-14(11-15)16(22-23(19)20)13-9-7-12(2)8-10-13/h7-10,14-16H,3-6,11H2,1-2H3,(H,19,20)/p-1. The molecule has 0 N–H and O–H groups in total. The lowest BCUT2D eigenvalue weighted by molar-refractivity contribution is -0.150. The van der Waals surface area contributed by atoms with Gasteiger partial charge in [0.2, 0.25) is 0 Å². The number of benzene rings is 1. The van der Waals surface area contributed by atoms with E-state index < -0.39 is 17.5 Å². The molecule has 1 saturated carbocycles. The van der Waals surface area contributed by atoms with Crippen molar-refractivity contribution in [3.8, 4) is 0 Å². The number of esters is 1. The Morgan fingerprint density at radius 1 is 1.35 bits per heavy atom. The molecule has 1 aliphatic rings. The third-order valence-electron chi connectivity index (χ3n) is 4.35. The number of aryl methyl sites for hydroxylation is 1. The molecule has 128 valence electrons. The molecule has 6 heteroatoms. The summed E-state index contributed by atoms with van der Waals surface area (Å²) in [5, 5.41) is 0. The molecule has 0 radical (unpaired) electrons. The van der Waals surface area contributed by atoms with Crippen LogP contribution < -0.4 is 0 Å². The minimum Gasteiger partial charge on any atom is -0.750 e. The Bertz CT molecular complexity index is 542. The number of carbonyl (C=O) groups excluding carboxylic acids is 1. The Labute approximate surface area is 139 Å². The van der Waals surface area contributed by atoms with Gasteiger partial charge in [-0.3, -0.25) is 8.98 Å². The average molecular weight is 339 g/mol. The van der Waals surface area contributed by atoms with Crippen LogP contribution in [-0.2, 0) is 25.1 Å². The fourth-order valence-electron chi connectivity index (χ4n) is 3.22. The van der Waals surface area contributed by atoms with E-state index in [9.17, 15) is 13.6 Å². The van der Waals surface area contributed by atoms with E-state index >= 15 is 0 Å². The van der Waals surface area contributed by atoms with Crippen LogP contribution in [0.25, 0.3) is 0 Å². The Morgan fingerprint density at radius 2 is 2.04 bits per heavy atom. The highest BCUT2D eigenvalue weighted by molar-refractivity contribution is 7.74. The molecule has 0 spiro atoms. The van der Waals surface area contributed by atoms with Crippen molar-refractivity contribution >= 4 is 17.3 Å². The summed E-state index contributed by atoms with van der Waals surface area (Å²) in [6.07, 6.45) is 2.54. The van der Waals surface area contributed by atoms with Gasteiger partial charge >= 0.3 is 5.97 Å². The molecule has 1 fully saturated rings. The van der Waals surface area contributed by atoms with Crippen LogP contribution in [0.15, 0.2) is 24.3 Å². The van der Waals surface area contributed by atoms with Gasteiger partial charge in [0.1, 0.15) is 6.10 Å². The van der Waals surface area contributed by atoms with Crippen molar-refractivity contribution in [2.45, 2.75) is 45.6 Å². The van der Waals surface area contributed by atoms with Gasteiger partial charge in [-0.05, 0) is 44.6 Å². The van der Waals surface area contributed by atoms with Gasteiger partial charge in [-0.1, -0.05) is 36.2 Å². The van der Waals surface area contributed by atoms with Crippen molar-refractivity contribution in [2.75, 3.05) is 6.61 Å². The predicted octanol–water partition coefficient (Wildman–Crippen LogP) is 3.22. The van der Waals surface area contributed by atoms with E-state index in [4.69, 9.17) is 8.92 Å². The van der Waals surface area contributed by atoms with Crippen LogP contribution in [0.5, 0.6) is 0 Å². The van der Waals surface area contributed by atoms with Crippen molar-refractivity contribution in [3.05, 3.63) is 35.4 Å². The molecule has 0 amide bonds. The van der Waals surface area contributed by atoms with Crippen LogP contribution in [0, 0.1) is 18.8 Å². The average Bonchev–Trinajstić information content (AvgIpc) is 2.54. The highest BCUT2D eigenvalue weighted by atomic mass is 32.2. The van der Waals surface area contributed by atoms with Gasteiger partial charge in [0, 0.05) is 0 Å². The van der Waals surface area contributed by atoms with E-state index in [1.54, 1.807) is 6.92 Å². The van der Waals surface area contributed by atoms with Gasteiger partial charge in [0.15, 0.2) is 0 Å². The summed E-state index contributed by atoms with van der Waals surface area (Å²) in [5.74, 6) is -0.382. The Hall–Kier alpha value is -1.24. The van der Waals surface area contributed by atoms with Gasteiger partial charge in [-0.2, -0.15) is 0 Å². The van der Waals surface area contributed by atoms with Gasteiger partial charge < -0.3 is 9.29 Å². The smallest absolute Gasteiger partial charge is 0.308 e. The molecule has 0 bridgehead atoms. The molecule has 0 saturated heterocycles. The van der Waals surface area contributed by atoms with Crippen LogP contribution in [-0.4, -0.2) is 21.3 Å². The minimum absolute atomic E-state index is 0.0150. The maximum absolute atomic E-state index is 12.0. The fourth-order valence-corrected chi connectivity index (χ4v) is 3.66. The zero-order chi connectivity index (χ0) is 16.8. The molecule has 1 aromatic rings. The molecule has 1 aliphatic carbocycles. The zero-order valence-electron chi connectivity index (χ0n) is 13.5. The van der Waals surface area contributed by atoms with Gasteiger partial charge in [-0.15, -0.1) is 0 Å². The lowest BCUT2D eigenvalue weighted by atomic mass is 9.77. The largest absolute Gasteiger partial charge is 0.750 e. The molecule has 0 aromatic heterocycles. The monoisotopic (exact) mass is 339 g/mol. The van der Waals surface area contributed by atoms with E-state index in [1.807, 2.05) is 31.2 Å². The molecule has 2 rings (SSSR count). The Balaban J connectivity index is 2.16. The third kappa shape index (κ3) is 5.12. The van der Waals surface area contributed by atoms with Gasteiger partial charge in [0.25, 0.3) is 0 Å². The first-order chi connectivity index (χ1) is 11.0. The zero-order valence-corrected chi connectivity index (χ0v) is 14.3. The summed E-state index contributed by atoms with van der Waals surface area (Å²) in [6.45, 7) is 4.13. The van der Waals surface area contributed by atoms with E-state index in [2.05, 4.69) is 0 Å². The van der Waals surface area contributed by atoms with Gasteiger partial charge in [-0.25, -0.2) is 4.21 Å². The topological polar surface area (TPSA) is 75.7 Å². The SMILES string of the molecule is CCOC(=O)C1CCCC(C(OS(=O)[O-])c2ccc(C)cc2)C1. The van der Waals surface area contributed by atoms with Gasteiger partial charge in [0.05, 0.1) is 23.9 Å². The number of carbonyl (C=O) groups is 1. The summed E-state index contributed by atoms with van der Waals surface area (Å²) in [4.78, 5) is 12.0. The minimum atomic E-state index is -2.59. The van der Waals surface area contributed by atoms with E-state index in [0.29, 0.717) is 13.0 Å². The van der Waals surface area contributed by atoms with Crippen molar-refractivity contribution in [1.82, 2.24) is 0 Å². The maximum atomic E-state index is 12.0. The Kier molecular flexibility index (Phi) is 6.74. The highest BCUT2D eigenvalue weighted by Gasteiger charge is 2.34. The molecular formula is C17H23O5S-. The molecule has 5 nitrogen and oxygen atoms in total. The number of hydrogen-bond acceptors (Lipinski definition) is 5. The van der Waals surface area contributed by atoms with Crippen molar-refractivity contribution < 1.29 is 22.5 Å². The first-order valence-corrected chi connectivity index (χ1v) is 9.00. The Morgan fingerprint density at radius 3 is 2.65 bits per heavy atom. The highest BCUT2D eigenvalue weighted by Crippen LogP contribution is 2.40. The lowest BCUT2D eigenvalue weighted by Crippen LogP contribution is -2.29. The third-order valence-corrected chi connectivity index (χ3v) is 4.72. The normalized spacial score (nSPS) is 24.0. The summed E-state index contributed by atoms with van der Waals surface area (Å²) < 4.78 is 32.5. The molecule has 4 atom stereocenters. The first-order valence-electron chi connectivity index (χ1n) is 8.00. The quantitative estimate of drug-likeness (QED) is 0.587. The molecule has 0 aliphatic heterocycles. The molecule has 23 heavy (non-hydrogen) atoms. The summed E-state index contributed by atoms with van der Waals surface area (Å²) in [7, 11) is 0. The second-order valence-corrected chi connectivity index (χ2v) is 6.61. The number of rotatable bonds is 6. The number of hydrogen-bond donors (Lipinski definition) is 0. The maximum Gasteiger partial charge on any atom is 0.308 e. The van der Waals surface area contributed by atoms with Crippen LogP contribution in [0.3, 0.4) is 0 Å². The van der Waals surface area contributed by atoms with Crippen LogP contribution >= 0.6 is 0 Å². The summed E-state index contributed by atoms with van der Waals surface area (Å²) >= 11 is -2.59. The van der Waals surface area contributed by atoms with E-state index in [1.165, 1.54) is 0 Å². The van der Waals surface area contributed by atoms with Crippen LogP contribution in [0.4, 0.5) is 0 Å². The second-order valence-electron chi connectivity index (χ2n) is 6.01. The van der Waals surface area contributed by atoms with Crippen LogP contribution in [0.2, 0.25) is 0 Å². The molecule has 1 aromatic carbocycles. The van der Waals surface area contributed by atoms with E-state index in [0.717, 1.165) is 30.4 Å². The summed E-state index contributed by atoms with van der Waals surface area (Å²) in [6, 6.07) is 7.65. The van der Waals surface area contributed by atoms with Crippen molar-refractivity contribution in [3.63, 3.8) is 0 Å². The van der Waals surface area contributed by atoms with Crippen LogP contribution in [0.1, 0.15) is 49.8 Å². The summed E-state index contributed by atoms with van der Waals surface area (Å²) in [5.41, 5.74) is 1.93. The predicted molar refractivity (Wildman–Crippen MR) is 86.0 cm³/mol. The molecule has 4 unspecified atom stereocenters. The van der Waals surface area contributed by atoms with Crippen molar-refractivity contribution in [1.29, 1.82) is 0 Å². The number of ether oxygens (including phenoxy) is 1. The fraction of sp³-hybridized carbons (Fsp3) is 0.588. The molecular weight excluding hydrogens is 316 g/mol. The van der Waals surface area contributed by atoms with E-state index in [-0.39, 0.29) is 17.8 Å². The van der Waals surface area contributed by atoms with Crippen molar-refractivity contribution in [2.24, 2.45) is 11.8 Å². The first kappa shape index (κ1) is 18.1. The lowest BCUT2D eigenvalue weighted by Gasteiger charge is -2.33. The molecule has 0 heterocycles.